The third-order valence-electron chi connectivity index (χ3n) is 2.67. The van der Waals surface area contributed by atoms with Crippen molar-refractivity contribution in [3.05, 3.63) is 29.6 Å². The van der Waals surface area contributed by atoms with E-state index in [0.29, 0.717) is 19.6 Å². The average Bonchev–Trinajstić information content (AvgIpc) is 2.38. The van der Waals surface area contributed by atoms with Crippen molar-refractivity contribution >= 4 is 5.91 Å². The van der Waals surface area contributed by atoms with Gasteiger partial charge in [-0.1, -0.05) is 19.9 Å². The number of hydrogen-bond acceptors (Lipinski definition) is 3. The topological polar surface area (TPSA) is 50.4 Å². The Hall–Kier alpha value is -1.62. The Labute approximate surface area is 113 Å². The van der Waals surface area contributed by atoms with Crippen LogP contribution in [0, 0.1) is 11.7 Å². The van der Waals surface area contributed by atoms with Crippen molar-refractivity contribution in [2.24, 2.45) is 5.92 Å². The van der Waals surface area contributed by atoms with Gasteiger partial charge in [-0.05, 0) is 17.7 Å². The molecule has 0 aliphatic heterocycles. The van der Waals surface area contributed by atoms with Gasteiger partial charge in [0.25, 0.3) is 0 Å². The molecule has 1 amide bonds. The molecule has 0 fully saturated rings. The molecule has 4 nitrogen and oxygen atoms in total. The maximum Gasteiger partial charge on any atom is 0.222 e. The Bertz CT molecular complexity index is 422. The van der Waals surface area contributed by atoms with Crippen molar-refractivity contribution in [1.82, 2.24) is 10.6 Å². The van der Waals surface area contributed by atoms with E-state index in [1.54, 1.807) is 6.07 Å². The van der Waals surface area contributed by atoms with Crippen LogP contribution in [0.15, 0.2) is 18.2 Å². The summed E-state index contributed by atoms with van der Waals surface area (Å²) in [5, 5.41) is 5.94. The van der Waals surface area contributed by atoms with Crippen molar-refractivity contribution in [2.75, 3.05) is 20.2 Å². The van der Waals surface area contributed by atoms with Crippen molar-refractivity contribution in [2.45, 2.75) is 20.4 Å². The fourth-order valence-electron chi connectivity index (χ4n) is 1.53. The lowest BCUT2D eigenvalue weighted by Gasteiger charge is -2.09. The summed E-state index contributed by atoms with van der Waals surface area (Å²) in [5.74, 6) is -0.0872. The van der Waals surface area contributed by atoms with E-state index in [9.17, 15) is 9.18 Å². The highest BCUT2D eigenvalue weighted by molar-refractivity contribution is 5.77. The second-order valence-corrected chi connectivity index (χ2v) is 4.59. The third-order valence-corrected chi connectivity index (χ3v) is 2.67. The highest BCUT2D eigenvalue weighted by Crippen LogP contribution is 2.17. The van der Waals surface area contributed by atoms with Gasteiger partial charge in [-0.25, -0.2) is 4.39 Å². The molecule has 19 heavy (non-hydrogen) atoms. The van der Waals surface area contributed by atoms with E-state index in [4.69, 9.17) is 4.74 Å². The smallest absolute Gasteiger partial charge is 0.222 e. The number of benzene rings is 1. The van der Waals surface area contributed by atoms with Gasteiger partial charge in [0.05, 0.1) is 7.11 Å². The van der Waals surface area contributed by atoms with Crippen LogP contribution in [0.4, 0.5) is 4.39 Å². The summed E-state index contributed by atoms with van der Waals surface area (Å²) < 4.78 is 18.3. The monoisotopic (exact) mass is 268 g/mol. The maximum absolute atomic E-state index is 13.4. The number of halogens is 1. The molecule has 2 N–H and O–H groups in total. The van der Waals surface area contributed by atoms with E-state index in [1.165, 1.54) is 13.2 Å². The summed E-state index contributed by atoms with van der Waals surface area (Å²) in [6.45, 7) is 5.46. The van der Waals surface area contributed by atoms with E-state index in [0.717, 1.165) is 5.56 Å². The molecule has 5 heteroatoms. The van der Waals surface area contributed by atoms with E-state index >= 15 is 0 Å². The highest BCUT2D eigenvalue weighted by atomic mass is 19.1. The Kier molecular flexibility index (Phi) is 6.29. The third kappa shape index (κ3) is 5.26. The molecule has 0 heterocycles. The van der Waals surface area contributed by atoms with Gasteiger partial charge in [0, 0.05) is 25.6 Å². The lowest BCUT2D eigenvalue weighted by molar-refractivity contribution is -0.123. The normalized spacial score (nSPS) is 10.6. The summed E-state index contributed by atoms with van der Waals surface area (Å²) in [7, 11) is 1.44. The first-order chi connectivity index (χ1) is 9.04. The molecule has 0 saturated carbocycles. The molecule has 0 radical (unpaired) electrons. The van der Waals surface area contributed by atoms with Crippen LogP contribution in [0.3, 0.4) is 0 Å². The number of ether oxygens (including phenoxy) is 1. The number of rotatable bonds is 7. The summed E-state index contributed by atoms with van der Waals surface area (Å²) in [6.07, 6.45) is 0. The van der Waals surface area contributed by atoms with Crippen LogP contribution in [0.5, 0.6) is 5.75 Å². The molecule has 1 aromatic rings. The number of methoxy groups -OCH3 is 1. The summed E-state index contributed by atoms with van der Waals surface area (Å²) >= 11 is 0. The van der Waals surface area contributed by atoms with Crippen LogP contribution >= 0.6 is 0 Å². The van der Waals surface area contributed by atoms with Gasteiger partial charge < -0.3 is 15.4 Å². The molecule has 106 valence electrons. The fraction of sp³-hybridized carbons (Fsp3) is 0.500. The van der Waals surface area contributed by atoms with Gasteiger partial charge >= 0.3 is 0 Å². The van der Waals surface area contributed by atoms with Crippen LogP contribution in [-0.4, -0.2) is 26.1 Å². The molecule has 0 atom stereocenters. The molecule has 0 unspecified atom stereocenters. The predicted octanol–water partition coefficient (Wildman–Crippen LogP) is 1.70. The molecule has 0 saturated heterocycles. The molecule has 0 aliphatic rings. The van der Waals surface area contributed by atoms with Gasteiger partial charge in [-0.2, -0.15) is 0 Å². The number of carbonyl (C=O) groups is 1. The molecule has 0 aliphatic carbocycles. The summed E-state index contributed by atoms with van der Waals surface area (Å²) in [6, 6.07) is 4.85. The zero-order chi connectivity index (χ0) is 14.3. The van der Waals surface area contributed by atoms with Crippen LogP contribution in [0.25, 0.3) is 0 Å². The SMILES string of the molecule is COc1ccc(CNCCNC(=O)C(C)C)cc1F. The lowest BCUT2D eigenvalue weighted by atomic mass is 10.2. The van der Waals surface area contributed by atoms with E-state index in [2.05, 4.69) is 10.6 Å². The minimum absolute atomic E-state index is 0.00400. The van der Waals surface area contributed by atoms with Crippen molar-refractivity contribution in [3.8, 4) is 5.75 Å². The van der Waals surface area contributed by atoms with Gasteiger partial charge in [0.2, 0.25) is 5.91 Å². The second-order valence-electron chi connectivity index (χ2n) is 4.59. The van der Waals surface area contributed by atoms with E-state index in [1.807, 2.05) is 19.9 Å². The predicted molar refractivity (Wildman–Crippen MR) is 72.5 cm³/mol. The summed E-state index contributed by atoms with van der Waals surface area (Å²) in [4.78, 5) is 11.3. The van der Waals surface area contributed by atoms with Crippen molar-refractivity contribution < 1.29 is 13.9 Å². The number of hydrogen-bond donors (Lipinski definition) is 2. The molecule has 0 spiro atoms. The largest absolute Gasteiger partial charge is 0.494 e. The Morgan fingerprint density at radius 1 is 1.37 bits per heavy atom. The minimum atomic E-state index is -0.366. The van der Waals surface area contributed by atoms with Gasteiger partial charge in [-0.15, -0.1) is 0 Å². The van der Waals surface area contributed by atoms with Crippen LogP contribution < -0.4 is 15.4 Å². The van der Waals surface area contributed by atoms with Gasteiger partial charge in [0.1, 0.15) is 0 Å². The fourth-order valence-corrected chi connectivity index (χ4v) is 1.53. The number of amides is 1. The highest BCUT2D eigenvalue weighted by Gasteiger charge is 2.05. The van der Waals surface area contributed by atoms with Crippen molar-refractivity contribution in [1.29, 1.82) is 0 Å². The Morgan fingerprint density at radius 3 is 2.68 bits per heavy atom. The maximum atomic E-state index is 13.4. The molecule has 0 aromatic heterocycles. The standard InChI is InChI=1S/C14H21FN2O2/c1-10(2)14(18)17-7-6-16-9-11-4-5-13(19-3)12(15)8-11/h4-5,8,10,16H,6-7,9H2,1-3H3,(H,17,18). The molecule has 0 bridgehead atoms. The second kappa shape index (κ2) is 7.74. The first-order valence-electron chi connectivity index (χ1n) is 6.35. The Balaban J connectivity index is 2.26. The van der Waals surface area contributed by atoms with Crippen LogP contribution in [-0.2, 0) is 11.3 Å². The first kappa shape index (κ1) is 15.4. The number of nitrogens with one attached hydrogen (secondary N) is 2. The molecule has 1 aromatic carbocycles. The van der Waals surface area contributed by atoms with E-state index in [-0.39, 0.29) is 23.4 Å². The lowest BCUT2D eigenvalue weighted by Crippen LogP contribution is -2.34. The zero-order valence-corrected chi connectivity index (χ0v) is 11.6. The van der Waals surface area contributed by atoms with Gasteiger partial charge in [0.15, 0.2) is 11.6 Å². The molecular weight excluding hydrogens is 247 g/mol. The van der Waals surface area contributed by atoms with Gasteiger partial charge in [-0.3, -0.25) is 4.79 Å². The summed E-state index contributed by atoms with van der Waals surface area (Å²) in [5.41, 5.74) is 0.841. The minimum Gasteiger partial charge on any atom is -0.494 e. The van der Waals surface area contributed by atoms with Crippen molar-refractivity contribution in [3.63, 3.8) is 0 Å². The number of carbonyl (C=O) groups excluding carboxylic acids is 1. The van der Waals surface area contributed by atoms with Crippen LogP contribution in [0.2, 0.25) is 0 Å². The Morgan fingerprint density at radius 2 is 2.11 bits per heavy atom. The molecule has 1 rings (SSSR count). The zero-order valence-electron chi connectivity index (χ0n) is 11.6. The van der Waals surface area contributed by atoms with Crippen LogP contribution in [0.1, 0.15) is 19.4 Å². The first-order valence-corrected chi connectivity index (χ1v) is 6.35. The quantitative estimate of drug-likeness (QED) is 0.740. The molecular formula is C14H21FN2O2. The van der Waals surface area contributed by atoms with E-state index < -0.39 is 0 Å². The average molecular weight is 268 g/mol.